The van der Waals surface area contributed by atoms with Crippen LogP contribution in [0, 0.1) is 0 Å². The Balaban J connectivity index is 1.87. The molecule has 1 saturated heterocycles. The van der Waals surface area contributed by atoms with E-state index in [1.165, 1.54) is 11.1 Å². The van der Waals surface area contributed by atoms with Crippen molar-refractivity contribution in [1.82, 2.24) is 4.90 Å². The minimum atomic E-state index is -0.677. The second-order valence-corrected chi connectivity index (χ2v) is 5.46. The van der Waals surface area contributed by atoms with Crippen LogP contribution in [-0.4, -0.2) is 30.1 Å². The summed E-state index contributed by atoms with van der Waals surface area (Å²) in [5.41, 5.74) is 2.75. The maximum absolute atomic E-state index is 10.7. The molecule has 2 aromatic rings. The monoisotopic (exact) mass is 253 g/mol. The number of aliphatic hydroxyl groups is 1. The van der Waals surface area contributed by atoms with Crippen LogP contribution in [0.25, 0.3) is 11.1 Å². The number of hydrogen-bond acceptors (Lipinski definition) is 2. The zero-order valence-electron chi connectivity index (χ0n) is 11.2. The molecule has 1 aliphatic rings. The fraction of sp³-hybridized carbons (Fsp3) is 0.294. The number of hydrogen-bond donors (Lipinski definition) is 1. The number of likely N-dealkylation sites (tertiary alicyclic amines) is 1. The normalized spacial score (nSPS) is 23.7. The van der Waals surface area contributed by atoms with Crippen molar-refractivity contribution in [2.75, 3.05) is 20.1 Å². The van der Waals surface area contributed by atoms with Gasteiger partial charge in [0.1, 0.15) is 5.60 Å². The molecule has 1 aliphatic heterocycles. The molecular formula is C17H19NO. The van der Waals surface area contributed by atoms with Crippen molar-refractivity contribution in [3.05, 3.63) is 60.2 Å². The van der Waals surface area contributed by atoms with Crippen LogP contribution in [0.2, 0.25) is 0 Å². The van der Waals surface area contributed by atoms with Crippen molar-refractivity contribution in [3.8, 4) is 11.1 Å². The average molecular weight is 253 g/mol. The Bertz CT molecular complexity index is 549. The summed E-state index contributed by atoms with van der Waals surface area (Å²) in [5.74, 6) is 0. The number of β-amino-alcohol motifs (C(OH)–C–C–N with tert-alkyl or cyclic N) is 1. The summed E-state index contributed by atoms with van der Waals surface area (Å²) >= 11 is 0. The van der Waals surface area contributed by atoms with Crippen molar-refractivity contribution in [2.45, 2.75) is 12.0 Å². The summed E-state index contributed by atoms with van der Waals surface area (Å²) < 4.78 is 0. The molecular weight excluding hydrogens is 234 g/mol. The Kier molecular flexibility index (Phi) is 3.13. The van der Waals surface area contributed by atoms with Gasteiger partial charge in [-0.05, 0) is 30.2 Å². The van der Waals surface area contributed by atoms with E-state index in [0.717, 1.165) is 25.1 Å². The maximum atomic E-state index is 10.7. The minimum Gasteiger partial charge on any atom is -0.384 e. The van der Waals surface area contributed by atoms with Gasteiger partial charge in [-0.25, -0.2) is 0 Å². The van der Waals surface area contributed by atoms with Crippen molar-refractivity contribution in [3.63, 3.8) is 0 Å². The van der Waals surface area contributed by atoms with E-state index in [9.17, 15) is 5.11 Å². The first-order valence-corrected chi connectivity index (χ1v) is 6.74. The molecule has 3 rings (SSSR count). The molecule has 1 N–H and O–H groups in total. The fourth-order valence-electron chi connectivity index (χ4n) is 2.82. The summed E-state index contributed by atoms with van der Waals surface area (Å²) in [6.45, 7) is 1.68. The Hall–Kier alpha value is -1.64. The standard InChI is InChI=1S/C17H19NO/c1-18-12-11-17(19,13-18)16-9-7-15(8-10-16)14-5-3-2-4-6-14/h2-10,19H,11-13H2,1H3. The van der Waals surface area contributed by atoms with Crippen LogP contribution in [0.1, 0.15) is 12.0 Å². The summed E-state index contributed by atoms with van der Waals surface area (Å²) in [6.07, 6.45) is 0.814. The van der Waals surface area contributed by atoms with Gasteiger partial charge in [0.05, 0.1) is 0 Å². The second kappa shape index (κ2) is 4.80. The van der Waals surface area contributed by atoms with E-state index in [4.69, 9.17) is 0 Å². The van der Waals surface area contributed by atoms with E-state index < -0.39 is 5.60 Å². The first kappa shape index (κ1) is 12.4. The van der Waals surface area contributed by atoms with Crippen molar-refractivity contribution >= 4 is 0 Å². The van der Waals surface area contributed by atoms with Gasteiger partial charge in [-0.3, -0.25) is 0 Å². The molecule has 2 aromatic carbocycles. The van der Waals surface area contributed by atoms with E-state index >= 15 is 0 Å². The van der Waals surface area contributed by atoms with Crippen LogP contribution in [0.4, 0.5) is 0 Å². The van der Waals surface area contributed by atoms with Crippen LogP contribution in [0.3, 0.4) is 0 Å². The van der Waals surface area contributed by atoms with E-state index in [0.29, 0.717) is 0 Å². The minimum absolute atomic E-state index is 0.677. The highest BCUT2D eigenvalue weighted by Crippen LogP contribution is 2.32. The number of benzene rings is 2. The molecule has 0 radical (unpaired) electrons. The van der Waals surface area contributed by atoms with Crippen LogP contribution in [0.15, 0.2) is 54.6 Å². The van der Waals surface area contributed by atoms with Gasteiger partial charge in [0.25, 0.3) is 0 Å². The van der Waals surface area contributed by atoms with Gasteiger partial charge >= 0.3 is 0 Å². The van der Waals surface area contributed by atoms with Gasteiger partial charge in [-0.15, -0.1) is 0 Å². The lowest BCUT2D eigenvalue weighted by Crippen LogP contribution is -2.28. The van der Waals surface area contributed by atoms with Crippen molar-refractivity contribution in [1.29, 1.82) is 0 Å². The Morgan fingerprint density at radius 1 is 0.947 bits per heavy atom. The van der Waals surface area contributed by atoms with E-state index in [2.05, 4.69) is 48.3 Å². The molecule has 1 fully saturated rings. The summed E-state index contributed by atoms with van der Waals surface area (Å²) in [5, 5.41) is 10.7. The Labute approximate surface area is 114 Å². The van der Waals surface area contributed by atoms with Crippen LogP contribution < -0.4 is 0 Å². The predicted molar refractivity (Wildman–Crippen MR) is 77.9 cm³/mol. The van der Waals surface area contributed by atoms with Gasteiger partial charge in [0.15, 0.2) is 0 Å². The van der Waals surface area contributed by atoms with Crippen molar-refractivity contribution < 1.29 is 5.11 Å². The summed E-state index contributed by atoms with van der Waals surface area (Å²) in [4.78, 5) is 2.17. The number of rotatable bonds is 2. The van der Waals surface area contributed by atoms with Crippen LogP contribution >= 0.6 is 0 Å². The maximum Gasteiger partial charge on any atom is 0.103 e. The lowest BCUT2D eigenvalue weighted by Gasteiger charge is -2.23. The van der Waals surface area contributed by atoms with Gasteiger partial charge in [0, 0.05) is 13.1 Å². The second-order valence-electron chi connectivity index (χ2n) is 5.46. The quantitative estimate of drug-likeness (QED) is 0.889. The molecule has 0 bridgehead atoms. The predicted octanol–water partition coefficient (Wildman–Crippen LogP) is 2.88. The third kappa shape index (κ3) is 2.42. The van der Waals surface area contributed by atoms with Gasteiger partial charge in [-0.1, -0.05) is 54.6 Å². The molecule has 0 saturated carbocycles. The smallest absolute Gasteiger partial charge is 0.103 e. The molecule has 19 heavy (non-hydrogen) atoms. The molecule has 0 amide bonds. The number of nitrogens with zero attached hydrogens (tertiary/aromatic N) is 1. The molecule has 2 nitrogen and oxygen atoms in total. The van der Waals surface area contributed by atoms with E-state index in [-0.39, 0.29) is 0 Å². The molecule has 0 aliphatic carbocycles. The van der Waals surface area contributed by atoms with Crippen LogP contribution in [0.5, 0.6) is 0 Å². The molecule has 1 heterocycles. The first-order valence-electron chi connectivity index (χ1n) is 6.74. The van der Waals surface area contributed by atoms with Gasteiger partial charge in [0.2, 0.25) is 0 Å². The Morgan fingerprint density at radius 3 is 2.16 bits per heavy atom. The highest BCUT2D eigenvalue weighted by atomic mass is 16.3. The molecule has 98 valence electrons. The molecule has 1 atom stereocenters. The third-order valence-corrected chi connectivity index (χ3v) is 3.97. The van der Waals surface area contributed by atoms with E-state index in [1.807, 2.05) is 18.2 Å². The highest BCUT2D eigenvalue weighted by molar-refractivity contribution is 5.63. The van der Waals surface area contributed by atoms with Gasteiger partial charge in [-0.2, -0.15) is 0 Å². The Morgan fingerprint density at radius 2 is 1.58 bits per heavy atom. The lowest BCUT2D eigenvalue weighted by atomic mass is 9.91. The molecule has 0 aromatic heterocycles. The van der Waals surface area contributed by atoms with Crippen molar-refractivity contribution in [2.24, 2.45) is 0 Å². The topological polar surface area (TPSA) is 23.5 Å². The SMILES string of the molecule is CN1CCC(O)(c2ccc(-c3ccccc3)cc2)C1. The largest absolute Gasteiger partial charge is 0.384 e. The third-order valence-electron chi connectivity index (χ3n) is 3.97. The fourth-order valence-corrected chi connectivity index (χ4v) is 2.82. The highest BCUT2D eigenvalue weighted by Gasteiger charge is 2.35. The van der Waals surface area contributed by atoms with Crippen LogP contribution in [-0.2, 0) is 5.60 Å². The first-order chi connectivity index (χ1) is 9.17. The van der Waals surface area contributed by atoms with Gasteiger partial charge < -0.3 is 10.0 Å². The van der Waals surface area contributed by atoms with E-state index in [1.54, 1.807) is 0 Å². The number of likely N-dealkylation sites (N-methyl/N-ethyl adjacent to an activating group) is 1. The molecule has 0 spiro atoms. The lowest BCUT2D eigenvalue weighted by molar-refractivity contribution is 0.0489. The molecule has 2 heteroatoms. The summed E-state index contributed by atoms with van der Waals surface area (Å²) in [7, 11) is 2.05. The average Bonchev–Trinajstić information content (AvgIpc) is 2.81. The zero-order valence-corrected chi connectivity index (χ0v) is 11.2. The zero-order chi connectivity index (χ0) is 13.3. The summed E-state index contributed by atoms with van der Waals surface area (Å²) in [6, 6.07) is 18.6. The molecule has 1 unspecified atom stereocenters.